The summed E-state index contributed by atoms with van der Waals surface area (Å²) in [7, 11) is 0. The average molecular weight is 305 g/mol. The fourth-order valence-corrected chi connectivity index (χ4v) is 3.26. The second-order valence-corrected chi connectivity index (χ2v) is 5.71. The predicted molar refractivity (Wildman–Crippen MR) is 84.4 cm³/mol. The first-order valence-corrected chi connectivity index (χ1v) is 7.88. The molecular formula is C16H19NO3S. The van der Waals surface area contributed by atoms with Crippen LogP contribution in [-0.2, 0) is 20.7 Å². The van der Waals surface area contributed by atoms with Gasteiger partial charge in [0.05, 0.1) is 6.61 Å². The summed E-state index contributed by atoms with van der Waals surface area (Å²) in [6.07, 6.45) is 1.27. The summed E-state index contributed by atoms with van der Waals surface area (Å²) in [5.41, 5.74) is 1.20. The number of fused-ring (bicyclic) bond motifs is 1. The summed E-state index contributed by atoms with van der Waals surface area (Å²) in [4.78, 5) is 23.1. The Kier molecular flexibility index (Phi) is 5.33. The predicted octanol–water partition coefficient (Wildman–Crippen LogP) is 2.90. The van der Waals surface area contributed by atoms with Crippen LogP contribution in [0.2, 0.25) is 0 Å². The van der Waals surface area contributed by atoms with Crippen LogP contribution in [0.4, 0.5) is 0 Å². The second-order valence-electron chi connectivity index (χ2n) is 4.80. The second kappa shape index (κ2) is 7.22. The van der Waals surface area contributed by atoms with E-state index < -0.39 is 6.04 Å². The van der Waals surface area contributed by atoms with Crippen molar-refractivity contribution in [1.82, 2.24) is 5.32 Å². The van der Waals surface area contributed by atoms with Gasteiger partial charge in [0.15, 0.2) is 0 Å². The minimum atomic E-state index is -0.582. The molecule has 1 aromatic carbocycles. The van der Waals surface area contributed by atoms with Gasteiger partial charge in [0, 0.05) is 11.6 Å². The van der Waals surface area contributed by atoms with Gasteiger partial charge in [-0.15, -0.1) is 11.3 Å². The SMILES string of the molecule is CCOC(=O)C(CCc1csc2ccccc12)NC(C)=O. The van der Waals surface area contributed by atoms with Crippen LogP contribution in [-0.4, -0.2) is 24.5 Å². The number of benzene rings is 1. The molecule has 0 aliphatic carbocycles. The molecule has 0 spiro atoms. The van der Waals surface area contributed by atoms with Crippen LogP contribution in [0.15, 0.2) is 29.6 Å². The summed E-state index contributed by atoms with van der Waals surface area (Å²) in [5, 5.41) is 5.99. The fraction of sp³-hybridized carbons (Fsp3) is 0.375. The Morgan fingerprint density at radius 3 is 2.81 bits per heavy atom. The quantitative estimate of drug-likeness (QED) is 0.835. The lowest BCUT2D eigenvalue weighted by atomic mass is 10.0. The first-order valence-electron chi connectivity index (χ1n) is 7.00. The zero-order valence-corrected chi connectivity index (χ0v) is 13.0. The maximum atomic E-state index is 11.9. The van der Waals surface area contributed by atoms with Gasteiger partial charge >= 0.3 is 5.97 Å². The van der Waals surface area contributed by atoms with E-state index in [1.807, 2.05) is 12.1 Å². The maximum Gasteiger partial charge on any atom is 0.328 e. The Morgan fingerprint density at radius 1 is 1.33 bits per heavy atom. The molecule has 112 valence electrons. The summed E-state index contributed by atoms with van der Waals surface area (Å²) in [6, 6.07) is 7.61. The molecule has 2 aromatic rings. The van der Waals surface area contributed by atoms with Gasteiger partial charge in [-0.3, -0.25) is 4.79 Å². The zero-order chi connectivity index (χ0) is 15.2. The summed E-state index contributed by atoms with van der Waals surface area (Å²) in [6.45, 7) is 3.48. The van der Waals surface area contributed by atoms with E-state index in [1.165, 1.54) is 22.6 Å². The van der Waals surface area contributed by atoms with Gasteiger partial charge in [-0.2, -0.15) is 0 Å². The van der Waals surface area contributed by atoms with E-state index >= 15 is 0 Å². The van der Waals surface area contributed by atoms with Crippen molar-refractivity contribution in [3.63, 3.8) is 0 Å². The number of aryl methyl sites for hydroxylation is 1. The molecule has 1 heterocycles. The van der Waals surface area contributed by atoms with E-state index in [1.54, 1.807) is 18.3 Å². The highest BCUT2D eigenvalue weighted by Gasteiger charge is 2.20. The molecule has 0 saturated heterocycles. The van der Waals surface area contributed by atoms with E-state index in [2.05, 4.69) is 22.8 Å². The Hall–Kier alpha value is -1.88. The van der Waals surface area contributed by atoms with Gasteiger partial charge < -0.3 is 10.1 Å². The van der Waals surface area contributed by atoms with Gasteiger partial charge in [-0.25, -0.2) is 4.79 Å². The van der Waals surface area contributed by atoms with E-state index in [0.717, 1.165) is 6.42 Å². The topological polar surface area (TPSA) is 55.4 Å². The average Bonchev–Trinajstić information content (AvgIpc) is 2.86. The third-order valence-corrected chi connectivity index (χ3v) is 4.22. The van der Waals surface area contributed by atoms with Crippen LogP contribution >= 0.6 is 11.3 Å². The van der Waals surface area contributed by atoms with Crippen molar-refractivity contribution in [2.24, 2.45) is 0 Å². The largest absolute Gasteiger partial charge is 0.464 e. The van der Waals surface area contributed by atoms with E-state index in [0.29, 0.717) is 13.0 Å². The lowest BCUT2D eigenvalue weighted by Crippen LogP contribution is -2.41. The summed E-state index contributed by atoms with van der Waals surface area (Å²) >= 11 is 1.69. The number of hydrogen-bond acceptors (Lipinski definition) is 4. The van der Waals surface area contributed by atoms with Gasteiger partial charge in [-0.1, -0.05) is 18.2 Å². The molecule has 1 N–H and O–H groups in total. The third kappa shape index (κ3) is 4.04. The number of amides is 1. The van der Waals surface area contributed by atoms with Crippen LogP contribution in [0.25, 0.3) is 10.1 Å². The van der Waals surface area contributed by atoms with Crippen molar-refractivity contribution < 1.29 is 14.3 Å². The normalized spacial score (nSPS) is 12.1. The first-order chi connectivity index (χ1) is 10.1. The standard InChI is InChI=1S/C16H19NO3S/c1-3-20-16(19)14(17-11(2)18)9-8-12-10-21-15-7-5-4-6-13(12)15/h4-7,10,14H,3,8-9H2,1-2H3,(H,17,18). The minimum absolute atomic E-state index is 0.219. The Balaban J connectivity index is 2.07. The Morgan fingerprint density at radius 2 is 2.10 bits per heavy atom. The van der Waals surface area contributed by atoms with Gasteiger partial charge in [0.1, 0.15) is 6.04 Å². The van der Waals surface area contributed by atoms with Crippen LogP contribution < -0.4 is 5.32 Å². The van der Waals surface area contributed by atoms with Crippen molar-refractivity contribution >= 4 is 33.3 Å². The molecule has 1 atom stereocenters. The molecule has 0 radical (unpaired) electrons. The number of hydrogen-bond donors (Lipinski definition) is 1. The third-order valence-electron chi connectivity index (χ3n) is 3.21. The molecule has 0 bridgehead atoms. The molecule has 0 aliphatic rings. The number of ether oxygens (including phenoxy) is 1. The number of carbonyl (C=O) groups is 2. The molecule has 1 aromatic heterocycles. The molecule has 21 heavy (non-hydrogen) atoms. The maximum absolute atomic E-state index is 11.9. The van der Waals surface area contributed by atoms with E-state index in [-0.39, 0.29) is 11.9 Å². The molecule has 0 saturated carbocycles. The van der Waals surface area contributed by atoms with Crippen molar-refractivity contribution in [3.05, 3.63) is 35.2 Å². The fourth-order valence-electron chi connectivity index (χ4n) is 2.26. The van der Waals surface area contributed by atoms with Crippen LogP contribution in [0.1, 0.15) is 25.8 Å². The first kappa shape index (κ1) is 15.5. The number of thiophene rings is 1. The molecule has 0 fully saturated rings. The minimum Gasteiger partial charge on any atom is -0.464 e. The highest BCUT2D eigenvalue weighted by Crippen LogP contribution is 2.26. The monoisotopic (exact) mass is 305 g/mol. The van der Waals surface area contributed by atoms with Crippen LogP contribution in [0, 0.1) is 0 Å². The molecule has 1 amide bonds. The number of nitrogens with one attached hydrogen (secondary N) is 1. The number of rotatable bonds is 6. The van der Waals surface area contributed by atoms with Gasteiger partial charge in [0.25, 0.3) is 0 Å². The molecule has 1 unspecified atom stereocenters. The van der Waals surface area contributed by atoms with E-state index in [4.69, 9.17) is 4.74 Å². The van der Waals surface area contributed by atoms with Crippen molar-refractivity contribution in [3.8, 4) is 0 Å². The van der Waals surface area contributed by atoms with Gasteiger partial charge in [0.2, 0.25) is 5.91 Å². The molecule has 2 rings (SSSR count). The van der Waals surface area contributed by atoms with Crippen molar-refractivity contribution in [1.29, 1.82) is 0 Å². The van der Waals surface area contributed by atoms with Crippen molar-refractivity contribution in [2.75, 3.05) is 6.61 Å². The van der Waals surface area contributed by atoms with Gasteiger partial charge in [-0.05, 0) is 42.2 Å². The van der Waals surface area contributed by atoms with Crippen molar-refractivity contribution in [2.45, 2.75) is 32.7 Å². The Bertz CT molecular complexity index is 635. The molecule has 4 nitrogen and oxygen atoms in total. The highest BCUT2D eigenvalue weighted by molar-refractivity contribution is 7.17. The van der Waals surface area contributed by atoms with Crippen LogP contribution in [0.3, 0.4) is 0 Å². The molecule has 0 aliphatic heterocycles. The molecule has 5 heteroatoms. The summed E-state index contributed by atoms with van der Waals surface area (Å²) in [5.74, 6) is -0.588. The van der Waals surface area contributed by atoms with E-state index in [9.17, 15) is 9.59 Å². The number of esters is 1. The smallest absolute Gasteiger partial charge is 0.328 e. The Labute approximate surface area is 128 Å². The molecular weight excluding hydrogens is 286 g/mol. The van der Waals surface area contributed by atoms with Crippen LogP contribution in [0.5, 0.6) is 0 Å². The summed E-state index contributed by atoms with van der Waals surface area (Å²) < 4.78 is 6.25. The zero-order valence-electron chi connectivity index (χ0n) is 12.2. The lowest BCUT2D eigenvalue weighted by molar-refractivity contribution is -0.147. The highest BCUT2D eigenvalue weighted by atomic mass is 32.1. The lowest BCUT2D eigenvalue weighted by Gasteiger charge is -2.16. The number of carbonyl (C=O) groups excluding carboxylic acids is 2.